The topological polar surface area (TPSA) is 133 Å². The zero-order valence-electron chi connectivity index (χ0n) is 20.9. The van der Waals surface area contributed by atoms with E-state index in [0.717, 1.165) is 5.56 Å². The maximum absolute atomic E-state index is 12.8. The molecule has 4 rings (SSSR count). The normalized spacial score (nSPS) is 19.0. The van der Waals surface area contributed by atoms with E-state index in [9.17, 15) is 28.4 Å². The molecule has 0 aliphatic carbocycles. The van der Waals surface area contributed by atoms with E-state index >= 15 is 0 Å². The third kappa shape index (κ3) is 7.88. The molecule has 11 nitrogen and oxygen atoms in total. The standard InChI is InChI=1S/C25H27F3N4O7/c1-36-10-11-37-23-29-22(39-30-23)19-12-18(17-4-2-16(3-5-17)13-25(26,27)28)14-31(15-19)24(33)38-21-8-6-20(7-9-21)32(34)35/h2-9,18-19,24,33H,10-15H2,1H3. The van der Waals surface area contributed by atoms with Crippen molar-refractivity contribution in [2.24, 2.45) is 0 Å². The van der Waals surface area contributed by atoms with Gasteiger partial charge in [0.05, 0.1) is 23.9 Å². The number of ether oxygens (including phenoxy) is 3. The van der Waals surface area contributed by atoms with E-state index in [1.165, 1.54) is 43.5 Å². The summed E-state index contributed by atoms with van der Waals surface area (Å²) in [7, 11) is 1.53. The monoisotopic (exact) mass is 552 g/mol. The Hall–Kier alpha value is -3.75. The number of nitro benzene ring substituents is 1. The van der Waals surface area contributed by atoms with Gasteiger partial charge in [-0.1, -0.05) is 24.3 Å². The minimum Gasteiger partial charge on any atom is -0.459 e. The molecule has 1 aromatic heterocycles. The van der Waals surface area contributed by atoms with Crippen LogP contribution in [0.3, 0.4) is 0 Å². The van der Waals surface area contributed by atoms with Gasteiger partial charge >= 0.3 is 12.2 Å². The molecular weight excluding hydrogens is 525 g/mol. The molecule has 0 amide bonds. The number of nitro groups is 1. The number of hydrogen-bond acceptors (Lipinski definition) is 10. The maximum Gasteiger partial charge on any atom is 0.393 e. The Labute approximate surface area is 221 Å². The van der Waals surface area contributed by atoms with Crippen molar-refractivity contribution in [3.8, 4) is 11.8 Å². The van der Waals surface area contributed by atoms with E-state index in [1.54, 1.807) is 17.0 Å². The van der Waals surface area contributed by atoms with Crippen LogP contribution in [0.25, 0.3) is 0 Å². The van der Waals surface area contributed by atoms with Crippen LogP contribution in [-0.4, -0.2) is 71.1 Å². The molecule has 3 atom stereocenters. The van der Waals surface area contributed by atoms with E-state index in [2.05, 4.69) is 10.1 Å². The molecule has 3 unspecified atom stereocenters. The van der Waals surface area contributed by atoms with Crippen LogP contribution >= 0.6 is 0 Å². The summed E-state index contributed by atoms with van der Waals surface area (Å²) in [4.78, 5) is 16.3. The molecule has 0 saturated carbocycles. The molecule has 2 aromatic carbocycles. The quantitative estimate of drug-likeness (QED) is 0.161. The number of benzene rings is 2. The van der Waals surface area contributed by atoms with Gasteiger partial charge in [-0.15, -0.1) is 0 Å². The van der Waals surface area contributed by atoms with Gasteiger partial charge < -0.3 is 23.8 Å². The van der Waals surface area contributed by atoms with E-state index in [4.69, 9.17) is 18.7 Å². The van der Waals surface area contributed by atoms with Crippen LogP contribution in [0.5, 0.6) is 11.8 Å². The Morgan fingerprint density at radius 2 is 1.82 bits per heavy atom. The van der Waals surface area contributed by atoms with Crippen LogP contribution < -0.4 is 9.47 Å². The zero-order chi connectivity index (χ0) is 28.0. The number of non-ortho nitro benzene ring substituents is 1. The molecule has 0 radical (unpaired) electrons. The lowest BCUT2D eigenvalue weighted by Gasteiger charge is -2.38. The Bertz CT molecular complexity index is 1220. The molecule has 1 N–H and O–H groups in total. The van der Waals surface area contributed by atoms with Crippen molar-refractivity contribution < 1.29 is 41.9 Å². The highest BCUT2D eigenvalue weighted by atomic mass is 19.4. The second kappa shape index (κ2) is 12.4. The lowest BCUT2D eigenvalue weighted by molar-refractivity contribution is -0.384. The largest absolute Gasteiger partial charge is 0.459 e. The third-order valence-corrected chi connectivity index (χ3v) is 6.23. The van der Waals surface area contributed by atoms with Gasteiger partial charge in [0.1, 0.15) is 12.4 Å². The summed E-state index contributed by atoms with van der Waals surface area (Å²) >= 11 is 0. The first kappa shape index (κ1) is 28.3. The molecule has 0 bridgehead atoms. The van der Waals surface area contributed by atoms with E-state index in [0.29, 0.717) is 19.6 Å². The fraction of sp³-hybridized carbons (Fsp3) is 0.440. The first-order valence-corrected chi connectivity index (χ1v) is 12.1. The van der Waals surface area contributed by atoms with Crippen molar-refractivity contribution in [3.05, 3.63) is 75.7 Å². The van der Waals surface area contributed by atoms with Gasteiger partial charge in [0.25, 0.3) is 12.1 Å². The number of nitrogens with zero attached hydrogens (tertiary/aromatic N) is 4. The number of halogens is 3. The number of aliphatic hydroxyl groups excluding tert-OH is 1. The van der Waals surface area contributed by atoms with E-state index < -0.39 is 23.9 Å². The second-order valence-corrected chi connectivity index (χ2v) is 9.07. The lowest BCUT2D eigenvalue weighted by atomic mass is 9.84. The molecule has 14 heteroatoms. The average Bonchev–Trinajstić information content (AvgIpc) is 3.37. The van der Waals surface area contributed by atoms with Gasteiger partial charge in [0.15, 0.2) is 0 Å². The smallest absolute Gasteiger partial charge is 0.393 e. The van der Waals surface area contributed by atoms with Gasteiger partial charge in [0.2, 0.25) is 5.89 Å². The summed E-state index contributed by atoms with van der Waals surface area (Å²) in [5.41, 5.74) is 0.796. The molecule has 1 fully saturated rings. The highest BCUT2D eigenvalue weighted by Gasteiger charge is 2.36. The van der Waals surface area contributed by atoms with Crippen LogP contribution in [0.2, 0.25) is 0 Å². The predicted octanol–water partition coefficient (Wildman–Crippen LogP) is 4.04. The first-order chi connectivity index (χ1) is 18.6. The molecule has 3 aromatic rings. The highest BCUT2D eigenvalue weighted by molar-refractivity contribution is 5.36. The van der Waals surface area contributed by atoms with Gasteiger partial charge in [-0.05, 0) is 40.8 Å². The average molecular weight is 553 g/mol. The van der Waals surface area contributed by atoms with Crippen molar-refractivity contribution in [3.63, 3.8) is 0 Å². The van der Waals surface area contributed by atoms with Gasteiger partial charge in [-0.25, -0.2) is 4.90 Å². The second-order valence-electron chi connectivity index (χ2n) is 9.07. The van der Waals surface area contributed by atoms with Crippen molar-refractivity contribution in [1.29, 1.82) is 0 Å². The van der Waals surface area contributed by atoms with E-state index in [1.807, 2.05) is 0 Å². The van der Waals surface area contributed by atoms with Crippen LogP contribution in [0.15, 0.2) is 53.1 Å². The fourth-order valence-electron chi connectivity index (χ4n) is 4.38. The SMILES string of the molecule is COCCOc1noc(C2CC(c3ccc(CC(F)(F)F)cc3)CN(C(O)Oc3ccc([N+](=O)[O-])cc3)C2)n1. The number of likely N-dealkylation sites (tertiary alicyclic amines) is 1. The minimum atomic E-state index is -4.31. The molecule has 1 aliphatic rings. The van der Waals surface area contributed by atoms with Gasteiger partial charge in [0, 0.05) is 32.3 Å². The summed E-state index contributed by atoms with van der Waals surface area (Å²) in [5.74, 6) is -0.0900. The Morgan fingerprint density at radius 1 is 1.13 bits per heavy atom. The van der Waals surface area contributed by atoms with E-state index in [-0.39, 0.29) is 53.9 Å². The minimum absolute atomic E-state index is 0.0369. The maximum atomic E-state index is 12.8. The highest BCUT2D eigenvalue weighted by Crippen LogP contribution is 2.37. The number of aliphatic hydroxyl groups is 1. The fourth-order valence-corrected chi connectivity index (χ4v) is 4.38. The number of piperidine rings is 1. The van der Waals surface area contributed by atoms with Crippen molar-refractivity contribution in [2.75, 3.05) is 33.4 Å². The molecule has 39 heavy (non-hydrogen) atoms. The van der Waals surface area contributed by atoms with Crippen molar-refractivity contribution >= 4 is 5.69 Å². The molecular formula is C25H27F3N4O7. The molecule has 0 spiro atoms. The van der Waals surface area contributed by atoms with Crippen LogP contribution in [0, 0.1) is 10.1 Å². The Kier molecular flexibility index (Phi) is 8.99. The molecule has 1 aliphatic heterocycles. The number of alkyl halides is 3. The first-order valence-electron chi connectivity index (χ1n) is 12.1. The summed E-state index contributed by atoms with van der Waals surface area (Å²) in [6.07, 6.45) is -6.25. The summed E-state index contributed by atoms with van der Waals surface area (Å²) in [6, 6.07) is 11.5. The Balaban J connectivity index is 1.52. The lowest BCUT2D eigenvalue weighted by Crippen LogP contribution is -2.47. The molecule has 2 heterocycles. The number of aromatic nitrogens is 2. The number of hydrogen-bond donors (Lipinski definition) is 1. The van der Waals surface area contributed by atoms with Crippen LogP contribution in [0.4, 0.5) is 18.9 Å². The van der Waals surface area contributed by atoms with Crippen molar-refractivity contribution in [2.45, 2.75) is 37.3 Å². The number of rotatable bonds is 11. The van der Waals surface area contributed by atoms with Gasteiger partial charge in [-0.2, -0.15) is 18.2 Å². The van der Waals surface area contributed by atoms with Crippen molar-refractivity contribution in [1.82, 2.24) is 15.0 Å². The van der Waals surface area contributed by atoms with Crippen LogP contribution in [0.1, 0.15) is 35.3 Å². The van der Waals surface area contributed by atoms with Gasteiger partial charge in [-0.3, -0.25) is 10.1 Å². The summed E-state index contributed by atoms with van der Waals surface area (Å²) < 4.78 is 59.8. The summed E-state index contributed by atoms with van der Waals surface area (Å²) in [6.45, 7) is 1.13. The third-order valence-electron chi connectivity index (χ3n) is 6.23. The molecule has 1 saturated heterocycles. The Morgan fingerprint density at radius 3 is 2.46 bits per heavy atom. The predicted molar refractivity (Wildman–Crippen MR) is 129 cm³/mol. The molecule has 210 valence electrons. The van der Waals surface area contributed by atoms with Crippen LogP contribution in [-0.2, 0) is 11.2 Å². The number of methoxy groups -OCH3 is 1. The summed E-state index contributed by atoms with van der Waals surface area (Å²) in [5, 5.41) is 25.6. The zero-order valence-corrected chi connectivity index (χ0v) is 20.9.